The molecule has 0 fully saturated rings. The second kappa shape index (κ2) is 7.00. The first-order valence-electron chi connectivity index (χ1n) is 6.66. The monoisotopic (exact) mass is 315 g/mol. The third-order valence-corrected chi connectivity index (χ3v) is 4.16. The summed E-state index contributed by atoms with van der Waals surface area (Å²) < 4.78 is 37.9. The van der Waals surface area contributed by atoms with Gasteiger partial charge in [-0.2, -0.15) is 13.2 Å². The molecule has 3 nitrogen and oxygen atoms in total. The van der Waals surface area contributed by atoms with Crippen molar-refractivity contribution in [2.24, 2.45) is 0 Å². The third kappa shape index (κ3) is 4.50. The topological polar surface area (TPSA) is 37.8 Å². The lowest BCUT2D eigenvalue weighted by molar-refractivity contribution is -0.137. The highest BCUT2D eigenvalue weighted by Crippen LogP contribution is 2.35. The molecule has 0 aliphatic heterocycles. The van der Waals surface area contributed by atoms with Crippen LogP contribution < -0.4 is 5.32 Å². The first kappa shape index (κ1) is 15.9. The normalized spacial score (nSPS) is 13.3. The molecule has 0 aromatic carbocycles. The minimum absolute atomic E-state index is 0.121. The van der Waals surface area contributed by atoms with Gasteiger partial charge in [-0.3, -0.25) is 4.98 Å². The van der Waals surface area contributed by atoms with Crippen LogP contribution in [0.1, 0.15) is 34.8 Å². The van der Waals surface area contributed by atoms with Crippen molar-refractivity contribution in [3.05, 3.63) is 46.2 Å². The number of thiazole rings is 1. The molecule has 0 aliphatic carbocycles. The molecule has 0 bridgehead atoms. The molecule has 1 N–H and O–H groups in total. The van der Waals surface area contributed by atoms with Crippen molar-refractivity contribution in [2.75, 3.05) is 6.54 Å². The van der Waals surface area contributed by atoms with Crippen LogP contribution in [0.25, 0.3) is 0 Å². The molecule has 2 rings (SSSR count). The number of nitrogens with one attached hydrogen (secondary N) is 1. The van der Waals surface area contributed by atoms with Crippen molar-refractivity contribution in [2.45, 2.75) is 32.0 Å². The van der Waals surface area contributed by atoms with Crippen molar-refractivity contribution in [1.29, 1.82) is 0 Å². The SMILES string of the molecule is CCNC(CCc1cccnc1)c1cnc(C(F)(F)F)s1. The van der Waals surface area contributed by atoms with Gasteiger partial charge in [-0.05, 0) is 31.0 Å². The minimum Gasteiger partial charge on any atom is -0.309 e. The fourth-order valence-electron chi connectivity index (χ4n) is 2.03. The summed E-state index contributed by atoms with van der Waals surface area (Å²) in [4.78, 5) is 8.14. The predicted molar refractivity (Wildman–Crippen MR) is 76.1 cm³/mol. The van der Waals surface area contributed by atoms with Gasteiger partial charge in [0.25, 0.3) is 0 Å². The Morgan fingerprint density at radius 3 is 2.71 bits per heavy atom. The van der Waals surface area contributed by atoms with E-state index in [4.69, 9.17) is 0 Å². The molecular formula is C14H16F3N3S. The van der Waals surface area contributed by atoms with Crippen LogP contribution in [-0.4, -0.2) is 16.5 Å². The number of pyridine rings is 1. The Balaban J connectivity index is 2.06. The Labute approximate surface area is 125 Å². The molecule has 1 atom stereocenters. The second-order valence-electron chi connectivity index (χ2n) is 4.58. The summed E-state index contributed by atoms with van der Waals surface area (Å²) in [6, 6.07) is 3.69. The average molecular weight is 315 g/mol. The number of alkyl halides is 3. The van der Waals surface area contributed by atoms with E-state index in [1.165, 1.54) is 6.20 Å². The molecule has 0 amide bonds. The molecule has 0 aliphatic rings. The zero-order valence-corrected chi connectivity index (χ0v) is 12.3. The second-order valence-corrected chi connectivity index (χ2v) is 5.64. The fraction of sp³-hybridized carbons (Fsp3) is 0.429. The van der Waals surface area contributed by atoms with E-state index in [0.29, 0.717) is 29.2 Å². The van der Waals surface area contributed by atoms with Gasteiger partial charge in [0.2, 0.25) is 0 Å². The van der Waals surface area contributed by atoms with E-state index in [-0.39, 0.29) is 6.04 Å². The average Bonchev–Trinajstić information content (AvgIpc) is 2.94. The minimum atomic E-state index is -4.37. The molecule has 2 heterocycles. The van der Waals surface area contributed by atoms with Crippen molar-refractivity contribution < 1.29 is 13.2 Å². The van der Waals surface area contributed by atoms with Gasteiger partial charge in [-0.1, -0.05) is 13.0 Å². The summed E-state index contributed by atoms with van der Waals surface area (Å²) in [5.41, 5.74) is 1.07. The molecular weight excluding hydrogens is 299 g/mol. The van der Waals surface area contributed by atoms with Crippen molar-refractivity contribution in [3.63, 3.8) is 0 Å². The van der Waals surface area contributed by atoms with E-state index in [1.807, 2.05) is 19.1 Å². The van der Waals surface area contributed by atoms with E-state index < -0.39 is 11.2 Å². The predicted octanol–water partition coefficient (Wildman–Crippen LogP) is 3.84. The van der Waals surface area contributed by atoms with E-state index >= 15 is 0 Å². The Bertz CT molecular complexity index is 554. The maximum atomic E-state index is 12.6. The van der Waals surface area contributed by atoms with E-state index in [0.717, 1.165) is 12.0 Å². The van der Waals surface area contributed by atoms with E-state index in [1.54, 1.807) is 12.4 Å². The summed E-state index contributed by atoms with van der Waals surface area (Å²) in [5.74, 6) is 0. The van der Waals surface area contributed by atoms with Gasteiger partial charge < -0.3 is 5.32 Å². The molecule has 7 heteroatoms. The van der Waals surface area contributed by atoms with Gasteiger partial charge in [-0.25, -0.2) is 4.98 Å². The summed E-state index contributed by atoms with van der Waals surface area (Å²) >= 11 is 0.709. The molecule has 1 unspecified atom stereocenters. The fourth-order valence-corrected chi connectivity index (χ4v) is 2.92. The zero-order chi connectivity index (χ0) is 15.3. The van der Waals surface area contributed by atoms with Crippen molar-refractivity contribution in [1.82, 2.24) is 15.3 Å². The van der Waals surface area contributed by atoms with Crippen LogP contribution in [-0.2, 0) is 12.6 Å². The van der Waals surface area contributed by atoms with Crippen LogP contribution in [0.4, 0.5) is 13.2 Å². The van der Waals surface area contributed by atoms with Gasteiger partial charge in [0.05, 0.1) is 0 Å². The summed E-state index contributed by atoms with van der Waals surface area (Å²) in [6.07, 6.45) is 1.89. The van der Waals surface area contributed by atoms with Gasteiger partial charge >= 0.3 is 6.18 Å². The van der Waals surface area contributed by atoms with Crippen molar-refractivity contribution in [3.8, 4) is 0 Å². The van der Waals surface area contributed by atoms with Crippen LogP contribution in [0.3, 0.4) is 0 Å². The standard InChI is InChI=1S/C14H16F3N3S/c1-2-19-11(6-5-10-4-3-7-18-8-10)12-9-20-13(21-12)14(15,16)17/h3-4,7-9,11,19H,2,5-6H2,1H3. The molecule has 0 saturated carbocycles. The van der Waals surface area contributed by atoms with Gasteiger partial charge in [0.1, 0.15) is 0 Å². The van der Waals surface area contributed by atoms with Crippen LogP contribution in [0.2, 0.25) is 0 Å². The number of hydrogen-bond acceptors (Lipinski definition) is 4. The van der Waals surface area contributed by atoms with Crippen LogP contribution in [0.15, 0.2) is 30.7 Å². The smallest absolute Gasteiger partial charge is 0.309 e. The van der Waals surface area contributed by atoms with E-state index in [9.17, 15) is 13.2 Å². The molecule has 0 saturated heterocycles. The number of rotatable bonds is 6. The lowest BCUT2D eigenvalue weighted by Gasteiger charge is -2.15. The van der Waals surface area contributed by atoms with Gasteiger partial charge in [0.15, 0.2) is 5.01 Å². The summed E-state index contributed by atoms with van der Waals surface area (Å²) in [7, 11) is 0. The molecule has 21 heavy (non-hydrogen) atoms. The molecule has 2 aromatic heterocycles. The molecule has 0 spiro atoms. The first-order valence-corrected chi connectivity index (χ1v) is 7.47. The Morgan fingerprint density at radius 2 is 2.14 bits per heavy atom. The maximum Gasteiger partial charge on any atom is 0.443 e. The number of aromatic nitrogens is 2. The van der Waals surface area contributed by atoms with Gasteiger partial charge in [0, 0.05) is 29.5 Å². The lowest BCUT2D eigenvalue weighted by Crippen LogP contribution is -2.20. The molecule has 2 aromatic rings. The summed E-state index contributed by atoms with van der Waals surface area (Å²) in [6.45, 7) is 2.62. The number of aryl methyl sites for hydroxylation is 1. The largest absolute Gasteiger partial charge is 0.443 e. The number of nitrogens with zero attached hydrogens (tertiary/aromatic N) is 2. The highest BCUT2D eigenvalue weighted by Gasteiger charge is 2.35. The third-order valence-electron chi connectivity index (χ3n) is 3.00. The number of halogens is 3. The maximum absolute atomic E-state index is 12.6. The molecule has 0 radical (unpaired) electrons. The van der Waals surface area contributed by atoms with E-state index in [2.05, 4.69) is 15.3 Å². The lowest BCUT2D eigenvalue weighted by atomic mass is 10.1. The van der Waals surface area contributed by atoms with Gasteiger partial charge in [-0.15, -0.1) is 11.3 Å². The van der Waals surface area contributed by atoms with Crippen LogP contribution in [0, 0.1) is 0 Å². The number of hydrogen-bond donors (Lipinski definition) is 1. The van der Waals surface area contributed by atoms with Crippen LogP contribution in [0.5, 0.6) is 0 Å². The highest BCUT2D eigenvalue weighted by molar-refractivity contribution is 7.11. The van der Waals surface area contributed by atoms with Crippen molar-refractivity contribution >= 4 is 11.3 Å². The summed E-state index contributed by atoms with van der Waals surface area (Å²) in [5, 5.41) is 2.43. The zero-order valence-electron chi connectivity index (χ0n) is 11.5. The quantitative estimate of drug-likeness (QED) is 0.880. The highest BCUT2D eigenvalue weighted by atomic mass is 32.1. The first-order chi connectivity index (χ1) is 10.0. The Hall–Kier alpha value is -1.47. The molecule has 114 valence electrons. The van der Waals surface area contributed by atoms with Crippen LogP contribution >= 0.6 is 11.3 Å². The Kier molecular flexibility index (Phi) is 5.30. The Morgan fingerprint density at radius 1 is 1.33 bits per heavy atom.